The smallest absolute Gasteiger partial charge is 0.337 e. The highest BCUT2D eigenvalue weighted by molar-refractivity contribution is 5.92. The summed E-state index contributed by atoms with van der Waals surface area (Å²) in [6.07, 6.45) is 4.47. The number of hydrogen-bond donors (Lipinski definition) is 4. The van der Waals surface area contributed by atoms with E-state index in [0.29, 0.717) is 24.5 Å². The van der Waals surface area contributed by atoms with Crippen molar-refractivity contribution in [2.45, 2.75) is 6.42 Å². The van der Waals surface area contributed by atoms with Crippen molar-refractivity contribution in [2.24, 2.45) is 0 Å². The minimum Gasteiger partial charge on any atom is -0.478 e. The molecule has 20 heavy (non-hydrogen) atoms. The number of urea groups is 1. The molecule has 0 aromatic carbocycles. The van der Waals surface area contributed by atoms with Crippen LogP contribution < -0.4 is 10.6 Å². The first-order valence-electron chi connectivity index (χ1n) is 5.72. The molecule has 2 aromatic heterocycles. The number of aromatic carboxylic acids is 1. The molecular weight excluding hydrogens is 264 g/mol. The number of hydrogen-bond acceptors (Lipinski definition) is 5. The molecule has 0 fully saturated rings. The van der Waals surface area contributed by atoms with Gasteiger partial charge in [-0.05, 0) is 6.07 Å². The third kappa shape index (κ3) is 3.77. The van der Waals surface area contributed by atoms with Gasteiger partial charge >= 0.3 is 12.0 Å². The van der Waals surface area contributed by atoms with Gasteiger partial charge in [-0.15, -0.1) is 0 Å². The Balaban J connectivity index is 1.82. The van der Waals surface area contributed by atoms with E-state index in [2.05, 4.69) is 30.8 Å². The number of nitrogens with one attached hydrogen (secondary N) is 3. The van der Waals surface area contributed by atoms with E-state index in [1.165, 1.54) is 24.8 Å². The van der Waals surface area contributed by atoms with Crippen molar-refractivity contribution in [1.29, 1.82) is 0 Å². The lowest BCUT2D eigenvalue weighted by Crippen LogP contribution is -2.30. The van der Waals surface area contributed by atoms with E-state index in [9.17, 15) is 9.59 Å². The zero-order valence-electron chi connectivity index (χ0n) is 10.3. The summed E-state index contributed by atoms with van der Waals surface area (Å²) in [4.78, 5) is 30.0. The largest absolute Gasteiger partial charge is 0.478 e. The number of aromatic nitrogens is 4. The SMILES string of the molecule is O=C(NCCc1ncn[nH]1)Nc1cncc(C(=O)O)c1. The third-order valence-electron chi connectivity index (χ3n) is 2.36. The molecule has 0 aliphatic heterocycles. The summed E-state index contributed by atoms with van der Waals surface area (Å²) in [5.74, 6) is -0.438. The second-order valence-corrected chi connectivity index (χ2v) is 3.83. The summed E-state index contributed by atoms with van der Waals surface area (Å²) < 4.78 is 0. The number of pyridine rings is 1. The van der Waals surface area contributed by atoms with Gasteiger partial charge in [-0.2, -0.15) is 5.10 Å². The van der Waals surface area contributed by atoms with Crippen LogP contribution in [0.3, 0.4) is 0 Å². The van der Waals surface area contributed by atoms with Gasteiger partial charge in [-0.25, -0.2) is 14.6 Å². The van der Waals surface area contributed by atoms with Gasteiger partial charge in [-0.3, -0.25) is 10.1 Å². The van der Waals surface area contributed by atoms with Crippen LogP contribution in [0.25, 0.3) is 0 Å². The van der Waals surface area contributed by atoms with Crippen LogP contribution in [-0.2, 0) is 6.42 Å². The van der Waals surface area contributed by atoms with E-state index in [1.807, 2.05) is 0 Å². The van der Waals surface area contributed by atoms with Gasteiger partial charge in [0.2, 0.25) is 0 Å². The molecule has 0 saturated carbocycles. The normalized spacial score (nSPS) is 10.0. The first kappa shape index (κ1) is 13.5. The van der Waals surface area contributed by atoms with Gasteiger partial charge in [0.1, 0.15) is 12.2 Å². The van der Waals surface area contributed by atoms with Crippen LogP contribution in [0.5, 0.6) is 0 Å². The predicted molar refractivity (Wildman–Crippen MR) is 68.3 cm³/mol. The highest BCUT2D eigenvalue weighted by Gasteiger charge is 2.06. The Kier molecular flexibility index (Phi) is 4.22. The molecule has 2 rings (SSSR count). The van der Waals surface area contributed by atoms with Gasteiger partial charge in [0.25, 0.3) is 0 Å². The number of carbonyl (C=O) groups excluding carboxylic acids is 1. The van der Waals surface area contributed by atoms with E-state index in [-0.39, 0.29) is 5.56 Å². The highest BCUT2D eigenvalue weighted by atomic mass is 16.4. The molecule has 0 spiro atoms. The van der Waals surface area contributed by atoms with E-state index in [4.69, 9.17) is 5.11 Å². The maximum Gasteiger partial charge on any atom is 0.337 e. The molecule has 0 aliphatic rings. The summed E-state index contributed by atoms with van der Waals surface area (Å²) in [6.45, 7) is 0.368. The Bertz CT molecular complexity index is 598. The lowest BCUT2D eigenvalue weighted by atomic mass is 10.2. The van der Waals surface area contributed by atoms with Gasteiger partial charge in [-0.1, -0.05) is 0 Å². The number of carbonyl (C=O) groups is 2. The molecule has 0 aliphatic carbocycles. The summed E-state index contributed by atoms with van der Waals surface area (Å²) in [6, 6.07) is 0.875. The van der Waals surface area contributed by atoms with Gasteiger partial charge < -0.3 is 15.7 Å². The number of nitrogens with zero attached hydrogens (tertiary/aromatic N) is 3. The molecule has 2 amide bonds. The van der Waals surface area contributed by atoms with Gasteiger partial charge in [0.15, 0.2) is 0 Å². The molecule has 0 radical (unpaired) electrons. The zero-order valence-corrected chi connectivity index (χ0v) is 10.3. The third-order valence-corrected chi connectivity index (χ3v) is 2.36. The molecule has 4 N–H and O–H groups in total. The van der Waals surface area contributed by atoms with E-state index >= 15 is 0 Å². The Labute approximate surface area is 113 Å². The van der Waals surface area contributed by atoms with Crippen molar-refractivity contribution >= 4 is 17.7 Å². The average molecular weight is 276 g/mol. The van der Waals surface area contributed by atoms with Crippen LogP contribution in [0.1, 0.15) is 16.2 Å². The van der Waals surface area contributed by atoms with Crippen LogP contribution in [0.4, 0.5) is 10.5 Å². The molecule has 0 saturated heterocycles. The van der Waals surface area contributed by atoms with Crippen LogP contribution in [0.2, 0.25) is 0 Å². The standard InChI is InChI=1S/C11H12N6O3/c18-10(19)7-3-8(5-12-4-7)16-11(20)13-2-1-9-14-6-15-17-9/h3-6H,1-2H2,(H,18,19)(H2,13,16,20)(H,14,15,17). The molecule has 2 aromatic rings. The van der Waals surface area contributed by atoms with Crippen LogP contribution in [0, 0.1) is 0 Å². The number of amides is 2. The Morgan fingerprint density at radius 2 is 2.20 bits per heavy atom. The van der Waals surface area contributed by atoms with Crippen LogP contribution in [-0.4, -0.2) is 43.8 Å². The summed E-state index contributed by atoms with van der Waals surface area (Å²) in [5.41, 5.74) is 0.312. The van der Waals surface area contributed by atoms with Crippen molar-refractivity contribution in [2.75, 3.05) is 11.9 Å². The molecule has 0 unspecified atom stereocenters. The summed E-state index contributed by atoms with van der Waals surface area (Å²) in [5, 5.41) is 20.3. The lowest BCUT2D eigenvalue weighted by molar-refractivity contribution is 0.0696. The maximum atomic E-state index is 11.6. The Morgan fingerprint density at radius 3 is 2.90 bits per heavy atom. The van der Waals surface area contributed by atoms with Gasteiger partial charge in [0, 0.05) is 19.2 Å². The molecule has 2 heterocycles. The van der Waals surface area contributed by atoms with E-state index in [0.717, 1.165) is 0 Å². The molecule has 9 heteroatoms. The molecule has 0 bridgehead atoms. The van der Waals surface area contributed by atoms with Gasteiger partial charge in [0.05, 0.1) is 17.4 Å². The average Bonchev–Trinajstić information content (AvgIpc) is 2.92. The number of anilines is 1. The maximum absolute atomic E-state index is 11.6. The summed E-state index contributed by atoms with van der Waals surface area (Å²) >= 11 is 0. The number of aromatic amines is 1. The second kappa shape index (κ2) is 6.27. The molecule has 9 nitrogen and oxygen atoms in total. The molecule has 104 valence electrons. The predicted octanol–water partition coefficient (Wildman–Crippen LogP) is 0.262. The quantitative estimate of drug-likeness (QED) is 0.619. The van der Waals surface area contributed by atoms with E-state index in [1.54, 1.807) is 0 Å². The Morgan fingerprint density at radius 1 is 1.35 bits per heavy atom. The van der Waals surface area contributed by atoms with Crippen molar-refractivity contribution in [1.82, 2.24) is 25.5 Å². The Hall–Kier alpha value is -2.97. The number of carboxylic acid groups (broad SMARTS) is 1. The molecular formula is C11H12N6O3. The summed E-state index contributed by atoms with van der Waals surface area (Å²) in [7, 11) is 0. The van der Waals surface area contributed by atoms with Crippen molar-refractivity contribution < 1.29 is 14.7 Å². The van der Waals surface area contributed by atoms with Crippen LogP contribution in [0.15, 0.2) is 24.8 Å². The second-order valence-electron chi connectivity index (χ2n) is 3.83. The number of carboxylic acids is 1. The number of rotatable bonds is 5. The fourth-order valence-electron chi connectivity index (χ4n) is 1.45. The minimum absolute atomic E-state index is 0.00413. The topological polar surface area (TPSA) is 133 Å². The zero-order chi connectivity index (χ0) is 14.4. The first-order valence-corrected chi connectivity index (χ1v) is 5.72. The molecule has 0 atom stereocenters. The van der Waals surface area contributed by atoms with Crippen molar-refractivity contribution in [3.8, 4) is 0 Å². The fraction of sp³-hybridized carbons (Fsp3) is 0.182. The monoisotopic (exact) mass is 276 g/mol. The lowest BCUT2D eigenvalue weighted by Gasteiger charge is -2.06. The van der Waals surface area contributed by atoms with E-state index < -0.39 is 12.0 Å². The van der Waals surface area contributed by atoms with Crippen LogP contribution >= 0.6 is 0 Å². The first-order chi connectivity index (χ1) is 9.65. The van der Waals surface area contributed by atoms with Crippen molar-refractivity contribution in [3.63, 3.8) is 0 Å². The highest BCUT2D eigenvalue weighted by Crippen LogP contribution is 2.07. The minimum atomic E-state index is -1.10. The number of H-pyrrole nitrogens is 1. The fourth-order valence-corrected chi connectivity index (χ4v) is 1.45. The van der Waals surface area contributed by atoms with Crippen molar-refractivity contribution in [3.05, 3.63) is 36.2 Å².